The summed E-state index contributed by atoms with van der Waals surface area (Å²) in [5.74, 6) is 0.125. The Bertz CT molecular complexity index is 469. The minimum atomic E-state index is -3.35. The zero-order chi connectivity index (χ0) is 15.9. The molecule has 0 spiro atoms. The zero-order valence-corrected chi connectivity index (χ0v) is 14.2. The monoisotopic (exact) mass is 316 g/mol. The summed E-state index contributed by atoms with van der Waals surface area (Å²) < 4.78 is 24.9. The van der Waals surface area contributed by atoms with Crippen molar-refractivity contribution in [3.05, 3.63) is 11.6 Å². The number of hydrogen-bond acceptors (Lipinski definition) is 3. The van der Waals surface area contributed by atoms with E-state index < -0.39 is 10.0 Å². The Morgan fingerprint density at radius 3 is 2.62 bits per heavy atom. The summed E-state index contributed by atoms with van der Waals surface area (Å²) >= 11 is 0. The maximum absolute atomic E-state index is 11.8. The molecule has 0 atom stereocenters. The van der Waals surface area contributed by atoms with E-state index in [4.69, 9.17) is 0 Å². The Balaban J connectivity index is 2.52. The van der Waals surface area contributed by atoms with E-state index in [-0.39, 0.29) is 12.5 Å². The van der Waals surface area contributed by atoms with Crippen LogP contribution in [0, 0.1) is 5.92 Å². The van der Waals surface area contributed by atoms with Gasteiger partial charge >= 0.3 is 0 Å². The van der Waals surface area contributed by atoms with Crippen LogP contribution >= 0.6 is 0 Å². The average molecular weight is 316 g/mol. The minimum Gasteiger partial charge on any atom is -0.355 e. The molecule has 21 heavy (non-hydrogen) atoms. The van der Waals surface area contributed by atoms with Gasteiger partial charge in [0.1, 0.15) is 0 Å². The van der Waals surface area contributed by atoms with Crippen molar-refractivity contribution < 1.29 is 13.2 Å². The van der Waals surface area contributed by atoms with E-state index >= 15 is 0 Å². The highest BCUT2D eigenvalue weighted by Gasteiger charge is 2.20. The van der Waals surface area contributed by atoms with E-state index in [2.05, 4.69) is 11.4 Å². The Morgan fingerprint density at radius 1 is 1.38 bits per heavy atom. The summed E-state index contributed by atoms with van der Waals surface area (Å²) in [6, 6.07) is 0. The summed E-state index contributed by atoms with van der Waals surface area (Å²) in [5.41, 5.74) is 1.32. The molecule has 0 aliphatic heterocycles. The number of allylic oxidation sites excluding steroid dienone is 1. The fourth-order valence-electron chi connectivity index (χ4n) is 2.30. The second-order valence-corrected chi connectivity index (χ2v) is 8.14. The van der Waals surface area contributed by atoms with E-state index in [1.807, 2.05) is 13.8 Å². The second kappa shape index (κ2) is 8.54. The number of carbonyl (C=O) groups excluding carboxylic acids is 1. The molecule has 0 aromatic rings. The van der Waals surface area contributed by atoms with Crippen LogP contribution in [0.2, 0.25) is 0 Å². The topological polar surface area (TPSA) is 66.5 Å². The van der Waals surface area contributed by atoms with Crippen LogP contribution in [0.15, 0.2) is 11.6 Å². The Labute approximate surface area is 128 Å². The van der Waals surface area contributed by atoms with Crippen LogP contribution in [-0.4, -0.2) is 44.5 Å². The molecule has 1 N–H and O–H groups in total. The SMILES string of the molecule is CC(C)CNC(=O)CN(CCC1=CCCCC1)S(C)(=O)=O. The van der Waals surface area contributed by atoms with Crippen LogP contribution in [0.4, 0.5) is 0 Å². The first-order valence-corrected chi connectivity index (χ1v) is 9.53. The number of amides is 1. The lowest BCUT2D eigenvalue weighted by molar-refractivity contribution is -0.121. The van der Waals surface area contributed by atoms with E-state index in [1.54, 1.807) is 0 Å². The van der Waals surface area contributed by atoms with Gasteiger partial charge in [-0.1, -0.05) is 25.5 Å². The largest absolute Gasteiger partial charge is 0.355 e. The molecule has 1 aliphatic rings. The lowest BCUT2D eigenvalue weighted by atomic mass is 9.97. The van der Waals surface area contributed by atoms with Gasteiger partial charge < -0.3 is 5.32 Å². The predicted octanol–water partition coefficient (Wildman–Crippen LogP) is 1.91. The first-order valence-electron chi connectivity index (χ1n) is 7.68. The van der Waals surface area contributed by atoms with Crippen molar-refractivity contribution in [2.45, 2.75) is 46.0 Å². The summed E-state index contributed by atoms with van der Waals surface area (Å²) in [4.78, 5) is 11.8. The summed E-state index contributed by atoms with van der Waals surface area (Å²) in [6.45, 7) is 4.88. The molecule has 1 amide bonds. The van der Waals surface area contributed by atoms with E-state index in [0.717, 1.165) is 25.5 Å². The summed E-state index contributed by atoms with van der Waals surface area (Å²) in [7, 11) is -3.35. The second-order valence-electron chi connectivity index (χ2n) is 6.15. The molecule has 0 aromatic heterocycles. The number of nitrogens with zero attached hydrogens (tertiary/aromatic N) is 1. The van der Waals surface area contributed by atoms with Crippen LogP contribution in [0.3, 0.4) is 0 Å². The van der Waals surface area contributed by atoms with Crippen molar-refractivity contribution in [2.75, 3.05) is 25.9 Å². The first kappa shape index (κ1) is 18.2. The molecule has 6 heteroatoms. The number of rotatable bonds is 8. The van der Waals surface area contributed by atoms with Crippen molar-refractivity contribution in [3.8, 4) is 0 Å². The molecular weight excluding hydrogens is 288 g/mol. The van der Waals surface area contributed by atoms with Gasteiger partial charge in [-0.05, 0) is 38.0 Å². The van der Waals surface area contributed by atoms with Crippen LogP contribution in [0.25, 0.3) is 0 Å². The highest BCUT2D eigenvalue weighted by molar-refractivity contribution is 7.88. The maximum Gasteiger partial charge on any atom is 0.235 e. The Morgan fingerprint density at radius 2 is 2.10 bits per heavy atom. The highest BCUT2D eigenvalue weighted by atomic mass is 32.2. The van der Waals surface area contributed by atoms with Crippen molar-refractivity contribution in [1.82, 2.24) is 9.62 Å². The molecule has 122 valence electrons. The van der Waals surface area contributed by atoms with Gasteiger partial charge in [0.15, 0.2) is 0 Å². The van der Waals surface area contributed by atoms with Gasteiger partial charge in [0.2, 0.25) is 15.9 Å². The quantitative estimate of drug-likeness (QED) is 0.696. The van der Waals surface area contributed by atoms with Gasteiger partial charge in [-0.25, -0.2) is 8.42 Å². The van der Waals surface area contributed by atoms with Crippen molar-refractivity contribution in [1.29, 1.82) is 0 Å². The van der Waals surface area contributed by atoms with Crippen molar-refractivity contribution >= 4 is 15.9 Å². The van der Waals surface area contributed by atoms with E-state index in [9.17, 15) is 13.2 Å². The third kappa shape index (κ3) is 7.62. The van der Waals surface area contributed by atoms with Gasteiger partial charge in [-0.15, -0.1) is 0 Å². The predicted molar refractivity (Wildman–Crippen MR) is 85.4 cm³/mol. The lowest BCUT2D eigenvalue weighted by Crippen LogP contribution is -2.41. The summed E-state index contributed by atoms with van der Waals surface area (Å²) in [6.07, 6.45) is 8.64. The molecule has 1 aliphatic carbocycles. The molecule has 5 nitrogen and oxygen atoms in total. The lowest BCUT2D eigenvalue weighted by Gasteiger charge is -2.21. The molecule has 0 saturated carbocycles. The molecule has 0 saturated heterocycles. The van der Waals surface area contributed by atoms with Crippen LogP contribution in [0.5, 0.6) is 0 Å². The fourth-order valence-corrected chi connectivity index (χ4v) is 3.07. The fraction of sp³-hybridized carbons (Fsp3) is 0.800. The molecule has 0 bridgehead atoms. The van der Waals surface area contributed by atoms with Gasteiger partial charge in [0.05, 0.1) is 12.8 Å². The normalized spacial score (nSPS) is 16.1. The average Bonchev–Trinajstić information content (AvgIpc) is 2.41. The van der Waals surface area contributed by atoms with Gasteiger partial charge in [-0.2, -0.15) is 4.31 Å². The van der Waals surface area contributed by atoms with Gasteiger partial charge in [0.25, 0.3) is 0 Å². The molecule has 1 rings (SSSR count). The molecule has 0 fully saturated rings. The molecule has 0 radical (unpaired) electrons. The summed E-state index contributed by atoms with van der Waals surface area (Å²) in [5, 5.41) is 2.76. The highest BCUT2D eigenvalue weighted by Crippen LogP contribution is 2.20. The minimum absolute atomic E-state index is 0.0845. The van der Waals surface area contributed by atoms with E-state index in [1.165, 1.54) is 22.7 Å². The first-order chi connectivity index (χ1) is 9.79. The third-order valence-corrected chi connectivity index (χ3v) is 4.81. The van der Waals surface area contributed by atoms with Crippen molar-refractivity contribution in [2.24, 2.45) is 5.92 Å². The maximum atomic E-state index is 11.8. The Kier molecular flexibility index (Phi) is 7.39. The number of hydrogen-bond donors (Lipinski definition) is 1. The van der Waals surface area contributed by atoms with Gasteiger partial charge in [-0.3, -0.25) is 4.79 Å². The Hall–Kier alpha value is -0.880. The van der Waals surface area contributed by atoms with Crippen LogP contribution in [0.1, 0.15) is 46.0 Å². The van der Waals surface area contributed by atoms with Gasteiger partial charge in [0, 0.05) is 13.1 Å². The van der Waals surface area contributed by atoms with Crippen molar-refractivity contribution in [3.63, 3.8) is 0 Å². The van der Waals surface area contributed by atoms with Crippen LogP contribution in [-0.2, 0) is 14.8 Å². The zero-order valence-electron chi connectivity index (χ0n) is 13.4. The smallest absolute Gasteiger partial charge is 0.235 e. The van der Waals surface area contributed by atoms with E-state index in [0.29, 0.717) is 19.0 Å². The number of nitrogens with one attached hydrogen (secondary N) is 1. The standard InChI is InChI=1S/C15H28N2O3S/c1-13(2)11-16-15(18)12-17(21(3,19)20)10-9-14-7-5-4-6-8-14/h7,13H,4-6,8-12H2,1-3H3,(H,16,18). The van der Waals surface area contributed by atoms with Crippen LogP contribution < -0.4 is 5.32 Å². The number of sulfonamides is 1. The molecule has 0 heterocycles. The molecule has 0 unspecified atom stereocenters. The third-order valence-electron chi connectivity index (χ3n) is 3.56. The molecule has 0 aromatic carbocycles. The molecular formula is C15H28N2O3S. The number of carbonyl (C=O) groups is 1.